The van der Waals surface area contributed by atoms with Crippen molar-refractivity contribution < 1.29 is 38.4 Å². The molecule has 1 aromatic rings. The molecule has 31 heavy (non-hydrogen) atoms. The molecule has 1 saturated heterocycles. The molecule has 9 nitrogen and oxygen atoms in total. The average Bonchev–Trinajstić information content (AvgIpc) is 2.73. The summed E-state index contributed by atoms with van der Waals surface area (Å²) >= 11 is 0. The van der Waals surface area contributed by atoms with Crippen LogP contribution in [0, 0.1) is 11.8 Å². The van der Waals surface area contributed by atoms with Crippen molar-refractivity contribution >= 4 is 24.0 Å². The molecule has 1 amide bonds. The van der Waals surface area contributed by atoms with Crippen molar-refractivity contribution in [3.63, 3.8) is 0 Å². The third-order valence-electron chi connectivity index (χ3n) is 5.36. The van der Waals surface area contributed by atoms with E-state index in [0.29, 0.717) is 36.3 Å². The molecule has 2 rings (SSSR count). The van der Waals surface area contributed by atoms with Crippen molar-refractivity contribution in [2.24, 2.45) is 11.8 Å². The van der Waals surface area contributed by atoms with Crippen LogP contribution >= 0.6 is 0 Å². The zero-order chi connectivity index (χ0) is 23.0. The monoisotopic (exact) mass is 437 g/mol. The minimum Gasteiger partial charge on any atom is -0.465 e. The summed E-state index contributed by atoms with van der Waals surface area (Å²) in [5, 5.41) is 12.2. The van der Waals surface area contributed by atoms with Crippen molar-refractivity contribution in [3.05, 3.63) is 23.8 Å². The molecule has 2 N–H and O–H groups in total. The van der Waals surface area contributed by atoms with Crippen LogP contribution in [0.1, 0.15) is 46.1 Å². The van der Waals surface area contributed by atoms with E-state index >= 15 is 0 Å². The third-order valence-corrected chi connectivity index (χ3v) is 5.36. The fourth-order valence-electron chi connectivity index (χ4n) is 3.47. The van der Waals surface area contributed by atoms with Gasteiger partial charge in [0.1, 0.15) is 12.4 Å². The number of carbonyl (C=O) groups excluding carboxylic acids is 3. The first-order valence-electron chi connectivity index (χ1n) is 10.4. The van der Waals surface area contributed by atoms with Crippen molar-refractivity contribution in [2.45, 2.75) is 65.6 Å². The highest BCUT2D eigenvalue weighted by Gasteiger charge is 2.45. The summed E-state index contributed by atoms with van der Waals surface area (Å²) in [7, 11) is 0. The number of anilines is 1. The minimum absolute atomic E-state index is 0.0329. The van der Waals surface area contributed by atoms with Crippen LogP contribution < -0.4 is 10.1 Å². The molecule has 172 valence electrons. The number of amides is 1. The van der Waals surface area contributed by atoms with Crippen LogP contribution in [0.25, 0.3) is 0 Å². The van der Waals surface area contributed by atoms with Gasteiger partial charge in [-0.1, -0.05) is 26.8 Å². The maximum absolute atomic E-state index is 12.2. The Kier molecular flexibility index (Phi) is 9.26. The Bertz CT molecular complexity index is 768. The van der Waals surface area contributed by atoms with Gasteiger partial charge in [-0.15, -0.1) is 0 Å². The van der Waals surface area contributed by atoms with E-state index in [9.17, 15) is 19.5 Å². The van der Waals surface area contributed by atoms with Gasteiger partial charge in [0.15, 0.2) is 6.10 Å². The highest BCUT2D eigenvalue weighted by molar-refractivity contribution is 5.92. The lowest BCUT2D eigenvalue weighted by Crippen LogP contribution is -2.54. The molecule has 1 fully saturated rings. The fraction of sp³-hybridized carbons (Fsp3) is 0.591. The summed E-state index contributed by atoms with van der Waals surface area (Å²) in [6.07, 6.45) is -1.16. The number of nitrogens with one attached hydrogen (secondary N) is 1. The van der Waals surface area contributed by atoms with Crippen LogP contribution in [-0.4, -0.2) is 48.6 Å². The predicted molar refractivity (Wildman–Crippen MR) is 111 cm³/mol. The Morgan fingerprint density at radius 1 is 1.26 bits per heavy atom. The van der Waals surface area contributed by atoms with E-state index in [2.05, 4.69) is 5.32 Å². The maximum Gasteiger partial charge on any atom is 0.303 e. The molecule has 0 radical (unpaired) electrons. The molecule has 0 aliphatic carbocycles. The highest BCUT2D eigenvalue weighted by Crippen LogP contribution is 2.36. The highest BCUT2D eigenvalue weighted by atomic mass is 16.7. The van der Waals surface area contributed by atoms with Gasteiger partial charge in [-0.2, -0.15) is 0 Å². The molecule has 1 aliphatic heterocycles. The quantitative estimate of drug-likeness (QED) is 0.423. The lowest BCUT2D eigenvalue weighted by Gasteiger charge is -2.43. The zero-order valence-corrected chi connectivity index (χ0v) is 18.3. The van der Waals surface area contributed by atoms with Crippen molar-refractivity contribution in [1.82, 2.24) is 0 Å². The second kappa shape index (κ2) is 11.7. The maximum atomic E-state index is 12.2. The van der Waals surface area contributed by atoms with Gasteiger partial charge in [-0.25, -0.2) is 0 Å². The smallest absolute Gasteiger partial charge is 0.303 e. The summed E-state index contributed by atoms with van der Waals surface area (Å²) in [6, 6.07) is 4.89. The summed E-state index contributed by atoms with van der Waals surface area (Å²) < 4.78 is 22.5. The number of aliphatic hydroxyl groups is 1. The topological polar surface area (TPSA) is 120 Å². The van der Waals surface area contributed by atoms with E-state index in [1.807, 2.05) is 20.8 Å². The standard InChI is InChI=1S/C22H31NO8/c1-5-6-20(27)23-17-9-16(10-24)7-8-18(17)30-22-21(29-15(4)26)14(3)13(2)19(31-22)11-28-12-25/h7-9,12-14,19,21-22,24H,5-6,10-11H2,1-4H3,(H,23,27)/t13-,14-,19+,21+,22?/m0/s1. The number of esters is 1. The molecule has 1 aromatic carbocycles. The minimum atomic E-state index is -0.989. The largest absolute Gasteiger partial charge is 0.465 e. The number of benzene rings is 1. The van der Waals surface area contributed by atoms with E-state index in [1.165, 1.54) is 6.92 Å². The van der Waals surface area contributed by atoms with E-state index in [0.717, 1.165) is 0 Å². The average molecular weight is 437 g/mol. The summed E-state index contributed by atoms with van der Waals surface area (Å²) in [5.41, 5.74) is 0.974. The predicted octanol–water partition coefficient (Wildman–Crippen LogP) is 2.40. The van der Waals surface area contributed by atoms with Crippen LogP contribution in [0.4, 0.5) is 5.69 Å². The van der Waals surface area contributed by atoms with Crippen molar-refractivity contribution in [3.8, 4) is 5.75 Å². The molecule has 9 heteroatoms. The first-order valence-corrected chi connectivity index (χ1v) is 10.4. The van der Waals surface area contributed by atoms with E-state index in [1.54, 1.807) is 18.2 Å². The summed E-state index contributed by atoms with van der Waals surface area (Å²) in [6.45, 7) is 7.21. The Labute approximate surface area is 182 Å². The van der Waals surface area contributed by atoms with E-state index in [4.69, 9.17) is 18.9 Å². The number of rotatable bonds is 10. The Balaban J connectivity index is 2.33. The number of carbonyl (C=O) groups is 3. The molecule has 5 atom stereocenters. The van der Waals surface area contributed by atoms with Crippen LogP contribution in [0.3, 0.4) is 0 Å². The Morgan fingerprint density at radius 2 is 2.00 bits per heavy atom. The summed E-state index contributed by atoms with van der Waals surface area (Å²) in [5.74, 6) is -0.596. The molecule has 0 aromatic heterocycles. The van der Waals surface area contributed by atoms with Crippen molar-refractivity contribution in [1.29, 1.82) is 0 Å². The fourth-order valence-corrected chi connectivity index (χ4v) is 3.47. The van der Waals surface area contributed by atoms with Gasteiger partial charge in [0.2, 0.25) is 12.2 Å². The molecule has 1 aliphatic rings. The van der Waals surface area contributed by atoms with Gasteiger partial charge in [0.05, 0.1) is 18.4 Å². The Morgan fingerprint density at radius 3 is 2.61 bits per heavy atom. The SMILES string of the molecule is CCCC(=O)Nc1cc(CO)ccc1OC1O[C@H](COC=O)[C@@H](C)[C@H](C)[C@H]1OC(C)=O. The van der Waals surface area contributed by atoms with Gasteiger partial charge in [-0.05, 0) is 30.0 Å². The summed E-state index contributed by atoms with van der Waals surface area (Å²) in [4.78, 5) is 34.5. The number of hydrogen-bond acceptors (Lipinski definition) is 8. The van der Waals surface area contributed by atoms with Crippen LogP contribution in [0.2, 0.25) is 0 Å². The van der Waals surface area contributed by atoms with Gasteiger partial charge in [-0.3, -0.25) is 14.4 Å². The lowest BCUT2D eigenvalue weighted by atomic mass is 9.83. The van der Waals surface area contributed by atoms with Gasteiger partial charge < -0.3 is 29.4 Å². The molecular formula is C22H31NO8. The number of hydrogen-bond donors (Lipinski definition) is 2. The first kappa shape index (κ1) is 24.6. The van der Waals surface area contributed by atoms with Crippen LogP contribution in [-0.2, 0) is 35.2 Å². The molecule has 1 heterocycles. The Hall–Kier alpha value is -2.65. The first-order chi connectivity index (χ1) is 14.8. The van der Waals surface area contributed by atoms with Crippen LogP contribution in [0.15, 0.2) is 18.2 Å². The van der Waals surface area contributed by atoms with E-state index < -0.39 is 24.5 Å². The molecule has 0 bridgehead atoms. The molecule has 0 saturated carbocycles. The van der Waals surface area contributed by atoms with Gasteiger partial charge in [0, 0.05) is 19.3 Å². The number of aliphatic hydroxyl groups excluding tert-OH is 1. The second-order valence-electron chi connectivity index (χ2n) is 7.67. The third kappa shape index (κ3) is 6.67. The zero-order valence-electron chi connectivity index (χ0n) is 18.3. The molecule has 1 unspecified atom stereocenters. The van der Waals surface area contributed by atoms with Gasteiger partial charge >= 0.3 is 5.97 Å². The molecule has 0 spiro atoms. The van der Waals surface area contributed by atoms with Crippen LogP contribution in [0.5, 0.6) is 5.75 Å². The normalized spacial score (nSPS) is 25.4. The van der Waals surface area contributed by atoms with Crippen molar-refractivity contribution in [2.75, 3.05) is 11.9 Å². The lowest BCUT2D eigenvalue weighted by molar-refractivity contribution is -0.252. The number of ether oxygens (including phenoxy) is 4. The molecular weight excluding hydrogens is 406 g/mol. The van der Waals surface area contributed by atoms with Gasteiger partial charge in [0.25, 0.3) is 6.47 Å². The van der Waals surface area contributed by atoms with E-state index in [-0.39, 0.29) is 31.0 Å². The second-order valence-corrected chi connectivity index (χ2v) is 7.67.